The lowest BCUT2D eigenvalue weighted by Gasteiger charge is -1.96. The summed E-state index contributed by atoms with van der Waals surface area (Å²) in [4.78, 5) is 10.2. The number of hydrogen-bond donors (Lipinski definition) is 1. The lowest BCUT2D eigenvalue weighted by Crippen LogP contribution is -1.97. The minimum absolute atomic E-state index is 0.568. The maximum Gasteiger partial charge on any atom is 0.142 e. The molecule has 2 heterocycles. The van der Waals surface area contributed by atoms with Crippen molar-refractivity contribution in [3.63, 3.8) is 0 Å². The molecule has 17 heavy (non-hydrogen) atoms. The smallest absolute Gasteiger partial charge is 0.142 e. The summed E-state index contributed by atoms with van der Waals surface area (Å²) >= 11 is 1.66. The van der Waals surface area contributed by atoms with Gasteiger partial charge in [0.15, 0.2) is 0 Å². The van der Waals surface area contributed by atoms with E-state index in [1.54, 1.807) is 11.3 Å². The fraction of sp³-hybridized carbons (Fsp3) is 0.385. The summed E-state index contributed by atoms with van der Waals surface area (Å²) in [6.45, 7) is 4.79. The molecule has 0 spiro atoms. The average Bonchev–Trinajstić information content (AvgIpc) is 2.73. The first-order chi connectivity index (χ1) is 8.24. The fourth-order valence-corrected chi connectivity index (χ4v) is 2.69. The molecule has 2 rings (SSSR count). The quantitative estimate of drug-likeness (QED) is 0.903. The van der Waals surface area contributed by atoms with Gasteiger partial charge in [0.2, 0.25) is 0 Å². The molecule has 0 saturated carbocycles. The molecule has 3 nitrogen and oxygen atoms in total. The van der Waals surface area contributed by atoms with Gasteiger partial charge < -0.3 is 5.73 Å². The normalized spacial score (nSPS) is 10.8. The van der Waals surface area contributed by atoms with Crippen LogP contribution in [0.5, 0.6) is 0 Å². The molecule has 0 amide bonds. The van der Waals surface area contributed by atoms with Crippen molar-refractivity contribution in [2.75, 3.05) is 0 Å². The van der Waals surface area contributed by atoms with Gasteiger partial charge in [-0.05, 0) is 31.0 Å². The molecule has 0 aliphatic rings. The lowest BCUT2D eigenvalue weighted by molar-refractivity contribution is 0.871. The zero-order chi connectivity index (χ0) is 12.3. The van der Waals surface area contributed by atoms with E-state index in [0.29, 0.717) is 6.54 Å². The van der Waals surface area contributed by atoms with E-state index in [9.17, 15) is 0 Å². The number of thiazole rings is 1. The molecule has 0 aliphatic carbocycles. The highest BCUT2D eigenvalue weighted by Gasteiger charge is 2.11. The molecule has 0 radical (unpaired) electrons. The molecular formula is C13H17N3S. The van der Waals surface area contributed by atoms with Gasteiger partial charge in [0.25, 0.3) is 0 Å². The van der Waals surface area contributed by atoms with Gasteiger partial charge in [-0.3, -0.25) is 4.98 Å². The summed E-state index contributed by atoms with van der Waals surface area (Å²) in [5.74, 6) is 0. The van der Waals surface area contributed by atoms with Crippen molar-refractivity contribution < 1.29 is 0 Å². The number of rotatable bonds is 4. The minimum atomic E-state index is 0.568. The van der Waals surface area contributed by atoms with E-state index in [1.807, 2.05) is 12.3 Å². The number of pyridine rings is 1. The standard InChI is InChI=1S/C13H17N3S/c1-3-4-10-12(8-14)17-13(16-10)11-7-9(2)5-6-15-11/h5-7H,3-4,8,14H2,1-2H3. The highest BCUT2D eigenvalue weighted by molar-refractivity contribution is 7.15. The van der Waals surface area contributed by atoms with Crippen LogP contribution >= 0.6 is 11.3 Å². The molecule has 0 fully saturated rings. The highest BCUT2D eigenvalue weighted by atomic mass is 32.1. The number of aromatic nitrogens is 2. The Morgan fingerprint density at radius 3 is 2.88 bits per heavy atom. The number of hydrogen-bond acceptors (Lipinski definition) is 4. The third-order valence-corrected chi connectivity index (χ3v) is 3.73. The molecular weight excluding hydrogens is 230 g/mol. The molecule has 90 valence electrons. The number of nitrogens with two attached hydrogens (primary N) is 1. The number of aryl methyl sites for hydroxylation is 2. The van der Waals surface area contributed by atoms with Crippen LogP contribution in [0.1, 0.15) is 29.5 Å². The predicted molar refractivity (Wildman–Crippen MR) is 72.0 cm³/mol. The molecule has 2 aromatic heterocycles. The van der Waals surface area contributed by atoms with Gasteiger partial charge in [-0.1, -0.05) is 13.3 Å². The van der Waals surface area contributed by atoms with Crippen molar-refractivity contribution in [2.24, 2.45) is 5.73 Å². The third kappa shape index (κ3) is 2.70. The van der Waals surface area contributed by atoms with Gasteiger partial charge in [0.05, 0.1) is 11.4 Å². The average molecular weight is 247 g/mol. The van der Waals surface area contributed by atoms with E-state index in [2.05, 4.69) is 29.9 Å². The van der Waals surface area contributed by atoms with Crippen molar-refractivity contribution in [1.29, 1.82) is 0 Å². The SMILES string of the molecule is CCCc1nc(-c2cc(C)ccn2)sc1CN. The molecule has 4 heteroatoms. The van der Waals surface area contributed by atoms with E-state index < -0.39 is 0 Å². The Kier molecular flexibility index (Phi) is 3.86. The van der Waals surface area contributed by atoms with Gasteiger partial charge in [0.1, 0.15) is 5.01 Å². The van der Waals surface area contributed by atoms with Crippen LogP contribution in [0, 0.1) is 6.92 Å². The third-order valence-electron chi connectivity index (χ3n) is 2.59. The van der Waals surface area contributed by atoms with Crippen LogP contribution in [0.25, 0.3) is 10.7 Å². The highest BCUT2D eigenvalue weighted by Crippen LogP contribution is 2.27. The molecule has 0 saturated heterocycles. The summed E-state index contributed by atoms with van der Waals surface area (Å²) in [6.07, 6.45) is 3.92. The van der Waals surface area contributed by atoms with Gasteiger partial charge >= 0.3 is 0 Å². The first-order valence-electron chi connectivity index (χ1n) is 5.86. The fourth-order valence-electron chi connectivity index (χ4n) is 1.74. The van der Waals surface area contributed by atoms with Crippen LogP contribution in [0.15, 0.2) is 18.3 Å². The van der Waals surface area contributed by atoms with E-state index in [4.69, 9.17) is 5.73 Å². The Morgan fingerprint density at radius 1 is 1.41 bits per heavy atom. The van der Waals surface area contributed by atoms with Crippen molar-refractivity contribution in [1.82, 2.24) is 9.97 Å². The Hall–Kier alpha value is -1.26. The van der Waals surface area contributed by atoms with Gasteiger partial charge in [-0.25, -0.2) is 4.98 Å². The second kappa shape index (κ2) is 5.38. The van der Waals surface area contributed by atoms with Gasteiger partial charge in [-0.15, -0.1) is 11.3 Å². The van der Waals surface area contributed by atoms with E-state index in [0.717, 1.165) is 29.2 Å². The summed E-state index contributed by atoms with van der Waals surface area (Å²) in [7, 11) is 0. The van der Waals surface area contributed by atoms with Crippen LogP contribution < -0.4 is 5.73 Å². The molecule has 0 aliphatic heterocycles. The zero-order valence-corrected chi connectivity index (χ0v) is 11.0. The van der Waals surface area contributed by atoms with Gasteiger partial charge in [-0.2, -0.15) is 0 Å². The second-order valence-electron chi connectivity index (χ2n) is 4.06. The summed E-state index contributed by atoms with van der Waals surface area (Å²) in [6, 6.07) is 4.06. The second-order valence-corrected chi connectivity index (χ2v) is 5.15. The largest absolute Gasteiger partial charge is 0.326 e. The van der Waals surface area contributed by atoms with Crippen LogP contribution in [0.2, 0.25) is 0 Å². The maximum atomic E-state index is 5.75. The van der Waals surface area contributed by atoms with E-state index in [1.165, 1.54) is 10.4 Å². The predicted octanol–water partition coefficient (Wildman–Crippen LogP) is 2.92. The molecule has 0 atom stereocenters. The topological polar surface area (TPSA) is 51.8 Å². The summed E-state index contributed by atoms with van der Waals surface area (Å²) < 4.78 is 0. The van der Waals surface area contributed by atoms with Crippen molar-refractivity contribution >= 4 is 11.3 Å². The Morgan fingerprint density at radius 2 is 2.24 bits per heavy atom. The Labute approximate surface area is 106 Å². The first-order valence-corrected chi connectivity index (χ1v) is 6.68. The molecule has 0 bridgehead atoms. The number of nitrogens with zero attached hydrogens (tertiary/aromatic N) is 2. The van der Waals surface area contributed by atoms with Crippen LogP contribution in [0.3, 0.4) is 0 Å². The molecule has 2 N–H and O–H groups in total. The van der Waals surface area contributed by atoms with Crippen molar-refractivity contribution in [2.45, 2.75) is 33.2 Å². The van der Waals surface area contributed by atoms with Crippen molar-refractivity contribution in [3.8, 4) is 10.7 Å². The molecule has 0 aromatic carbocycles. The maximum absolute atomic E-state index is 5.75. The summed E-state index contributed by atoms with van der Waals surface area (Å²) in [5.41, 5.74) is 9.05. The lowest BCUT2D eigenvalue weighted by atomic mass is 10.2. The Balaban J connectivity index is 2.39. The van der Waals surface area contributed by atoms with Crippen molar-refractivity contribution in [3.05, 3.63) is 34.5 Å². The van der Waals surface area contributed by atoms with Crippen LogP contribution in [0.4, 0.5) is 0 Å². The van der Waals surface area contributed by atoms with E-state index in [-0.39, 0.29) is 0 Å². The van der Waals surface area contributed by atoms with Crippen LogP contribution in [-0.4, -0.2) is 9.97 Å². The first kappa shape index (κ1) is 12.2. The van der Waals surface area contributed by atoms with E-state index >= 15 is 0 Å². The van der Waals surface area contributed by atoms with Crippen LogP contribution in [-0.2, 0) is 13.0 Å². The molecule has 0 unspecified atom stereocenters. The molecule has 2 aromatic rings. The monoisotopic (exact) mass is 247 g/mol. The minimum Gasteiger partial charge on any atom is -0.326 e. The summed E-state index contributed by atoms with van der Waals surface area (Å²) in [5, 5.41) is 0.984. The Bertz CT molecular complexity index is 505. The van der Waals surface area contributed by atoms with Gasteiger partial charge in [0, 0.05) is 17.6 Å². The zero-order valence-electron chi connectivity index (χ0n) is 10.2.